The van der Waals surface area contributed by atoms with Gasteiger partial charge in [0.2, 0.25) is 0 Å². The number of methoxy groups -OCH3 is 3. The zero-order valence-electron chi connectivity index (χ0n) is 21.0. The third-order valence-electron chi connectivity index (χ3n) is 6.48. The summed E-state index contributed by atoms with van der Waals surface area (Å²) >= 11 is 0. The number of rotatable bonds is 10. The van der Waals surface area contributed by atoms with Crippen molar-refractivity contribution in [3.8, 4) is 5.75 Å². The maximum Gasteiger partial charge on any atom is 0.192 e. The molecule has 0 spiro atoms. The van der Waals surface area contributed by atoms with Gasteiger partial charge in [-0.3, -0.25) is 0 Å². The second kappa shape index (κ2) is 10.3. The van der Waals surface area contributed by atoms with Crippen LogP contribution in [-0.4, -0.2) is 60.4 Å². The molecular formula is C24H42O6Si. The van der Waals surface area contributed by atoms with Gasteiger partial charge in [-0.05, 0) is 49.7 Å². The maximum absolute atomic E-state index is 6.46. The van der Waals surface area contributed by atoms with E-state index in [0.29, 0.717) is 13.0 Å². The van der Waals surface area contributed by atoms with Crippen molar-refractivity contribution in [1.82, 2.24) is 0 Å². The molecule has 1 aromatic carbocycles. The Balaban J connectivity index is 2.16. The van der Waals surface area contributed by atoms with Crippen molar-refractivity contribution >= 4 is 8.32 Å². The summed E-state index contributed by atoms with van der Waals surface area (Å²) in [6.07, 6.45) is -0.164. The molecule has 1 aromatic rings. The van der Waals surface area contributed by atoms with Crippen LogP contribution in [0.2, 0.25) is 18.1 Å². The van der Waals surface area contributed by atoms with E-state index < -0.39 is 14.1 Å². The number of hydrogen-bond acceptors (Lipinski definition) is 6. The Bertz CT molecular complexity index is 700. The fraction of sp³-hybridized carbons (Fsp3) is 0.750. The van der Waals surface area contributed by atoms with Crippen LogP contribution in [0.3, 0.4) is 0 Å². The summed E-state index contributed by atoms with van der Waals surface area (Å²) in [5.74, 6) is 0.125. The molecule has 31 heavy (non-hydrogen) atoms. The standard InChI is InChI=1S/C24H42O6Si/c1-23(2,3)31(9,10)28-16-21-19(29-24(4,5)30-21)15-20(26-7)22(27-8)17-12-11-13-18(14-17)25-6/h11-14,19-22H,15-16H2,1-10H3/t19-,20-,21-,22-/m1/s1. The van der Waals surface area contributed by atoms with Crippen LogP contribution in [0.4, 0.5) is 0 Å². The van der Waals surface area contributed by atoms with Gasteiger partial charge < -0.3 is 28.1 Å². The number of hydrogen-bond donors (Lipinski definition) is 0. The van der Waals surface area contributed by atoms with Crippen LogP contribution in [0.5, 0.6) is 5.75 Å². The van der Waals surface area contributed by atoms with E-state index in [1.54, 1.807) is 21.3 Å². The predicted octanol–water partition coefficient (Wildman–Crippen LogP) is 5.33. The summed E-state index contributed by atoms with van der Waals surface area (Å²) in [5.41, 5.74) is 1.00. The maximum atomic E-state index is 6.46. The van der Waals surface area contributed by atoms with E-state index in [1.807, 2.05) is 38.1 Å². The molecular weight excluding hydrogens is 412 g/mol. The lowest BCUT2D eigenvalue weighted by Gasteiger charge is -2.37. The van der Waals surface area contributed by atoms with Crippen molar-refractivity contribution in [2.45, 2.75) is 89.4 Å². The second-order valence-electron chi connectivity index (χ2n) is 10.2. The Labute approximate surface area is 189 Å². The highest BCUT2D eigenvalue weighted by atomic mass is 28.4. The zero-order chi connectivity index (χ0) is 23.4. The average molecular weight is 455 g/mol. The summed E-state index contributed by atoms with van der Waals surface area (Å²) in [6, 6.07) is 7.88. The van der Waals surface area contributed by atoms with Gasteiger partial charge in [0.05, 0.1) is 25.9 Å². The fourth-order valence-electron chi connectivity index (χ4n) is 3.65. The third kappa shape index (κ3) is 6.76. The second-order valence-corrected chi connectivity index (χ2v) is 15.0. The van der Waals surface area contributed by atoms with Gasteiger partial charge in [0.25, 0.3) is 0 Å². The first-order valence-corrected chi connectivity index (χ1v) is 13.9. The molecule has 0 amide bonds. The van der Waals surface area contributed by atoms with Gasteiger partial charge in [-0.15, -0.1) is 0 Å². The summed E-state index contributed by atoms with van der Waals surface area (Å²) in [6.45, 7) is 15.6. The number of benzene rings is 1. The zero-order valence-corrected chi connectivity index (χ0v) is 22.0. The van der Waals surface area contributed by atoms with E-state index >= 15 is 0 Å². The van der Waals surface area contributed by atoms with Crippen molar-refractivity contribution in [2.75, 3.05) is 27.9 Å². The highest BCUT2D eigenvalue weighted by Gasteiger charge is 2.45. The molecule has 2 rings (SSSR count). The van der Waals surface area contributed by atoms with Gasteiger partial charge in [0, 0.05) is 20.6 Å². The van der Waals surface area contributed by atoms with Crippen molar-refractivity contribution in [3.05, 3.63) is 29.8 Å². The molecule has 0 radical (unpaired) electrons. The molecule has 0 unspecified atom stereocenters. The Morgan fingerprint density at radius 3 is 2.23 bits per heavy atom. The minimum absolute atomic E-state index is 0.139. The van der Waals surface area contributed by atoms with Gasteiger partial charge in [-0.2, -0.15) is 0 Å². The Hall–Kier alpha value is -0.963. The molecule has 4 atom stereocenters. The van der Waals surface area contributed by atoms with E-state index in [1.165, 1.54) is 0 Å². The summed E-state index contributed by atoms with van der Waals surface area (Å²) < 4.78 is 36.1. The molecule has 0 aliphatic carbocycles. The van der Waals surface area contributed by atoms with Crippen molar-refractivity contribution < 1.29 is 28.1 Å². The highest BCUT2D eigenvalue weighted by molar-refractivity contribution is 6.74. The Morgan fingerprint density at radius 2 is 1.68 bits per heavy atom. The van der Waals surface area contributed by atoms with E-state index in [4.69, 9.17) is 28.1 Å². The van der Waals surface area contributed by atoms with Crippen LogP contribution < -0.4 is 4.74 Å². The normalized spacial score (nSPS) is 23.5. The highest BCUT2D eigenvalue weighted by Crippen LogP contribution is 2.39. The van der Waals surface area contributed by atoms with E-state index in [2.05, 4.69) is 33.9 Å². The predicted molar refractivity (Wildman–Crippen MR) is 125 cm³/mol. The minimum Gasteiger partial charge on any atom is -0.497 e. The van der Waals surface area contributed by atoms with E-state index in [0.717, 1.165) is 11.3 Å². The van der Waals surface area contributed by atoms with Gasteiger partial charge >= 0.3 is 0 Å². The molecule has 7 heteroatoms. The molecule has 0 aromatic heterocycles. The topological polar surface area (TPSA) is 55.4 Å². The lowest BCUT2D eigenvalue weighted by molar-refractivity contribution is -0.153. The van der Waals surface area contributed by atoms with Crippen LogP contribution in [0, 0.1) is 0 Å². The first-order chi connectivity index (χ1) is 14.3. The van der Waals surface area contributed by atoms with Gasteiger partial charge in [-0.25, -0.2) is 0 Å². The lowest BCUT2D eigenvalue weighted by Crippen LogP contribution is -2.44. The fourth-order valence-corrected chi connectivity index (χ4v) is 4.66. The number of ether oxygens (including phenoxy) is 5. The quantitative estimate of drug-likeness (QED) is 0.445. The average Bonchev–Trinajstić information content (AvgIpc) is 2.98. The van der Waals surface area contributed by atoms with Crippen LogP contribution in [0.15, 0.2) is 24.3 Å². The molecule has 1 aliphatic rings. The van der Waals surface area contributed by atoms with Crippen molar-refractivity contribution in [3.63, 3.8) is 0 Å². The van der Waals surface area contributed by atoms with Gasteiger partial charge in [-0.1, -0.05) is 32.9 Å². The van der Waals surface area contributed by atoms with Gasteiger partial charge in [0.15, 0.2) is 14.1 Å². The van der Waals surface area contributed by atoms with Crippen LogP contribution in [-0.2, 0) is 23.4 Å². The Kier molecular flexibility index (Phi) is 8.75. The van der Waals surface area contributed by atoms with Gasteiger partial charge in [0.1, 0.15) is 18.0 Å². The summed E-state index contributed by atoms with van der Waals surface area (Å²) in [4.78, 5) is 0. The molecule has 1 saturated heterocycles. The van der Waals surface area contributed by atoms with E-state index in [-0.39, 0.29) is 29.5 Å². The smallest absolute Gasteiger partial charge is 0.192 e. The van der Waals surface area contributed by atoms with Crippen LogP contribution in [0.25, 0.3) is 0 Å². The first kappa shape index (κ1) is 26.3. The molecule has 1 heterocycles. The third-order valence-corrected chi connectivity index (χ3v) is 11.0. The first-order valence-electron chi connectivity index (χ1n) is 11.0. The molecule has 0 N–H and O–H groups in total. The molecule has 1 aliphatic heterocycles. The van der Waals surface area contributed by atoms with Crippen molar-refractivity contribution in [1.29, 1.82) is 0 Å². The molecule has 0 bridgehead atoms. The van der Waals surface area contributed by atoms with Crippen molar-refractivity contribution in [2.24, 2.45) is 0 Å². The summed E-state index contributed by atoms with van der Waals surface area (Å²) in [5, 5.41) is 0.139. The molecule has 1 fully saturated rings. The Morgan fingerprint density at radius 1 is 1.03 bits per heavy atom. The van der Waals surface area contributed by atoms with Crippen LogP contribution in [0.1, 0.15) is 52.7 Å². The van der Waals surface area contributed by atoms with Crippen LogP contribution >= 0.6 is 0 Å². The molecule has 6 nitrogen and oxygen atoms in total. The molecule has 0 saturated carbocycles. The summed E-state index contributed by atoms with van der Waals surface area (Å²) in [7, 11) is 3.17. The monoisotopic (exact) mass is 454 g/mol. The minimum atomic E-state index is -1.89. The largest absolute Gasteiger partial charge is 0.497 e. The molecule has 178 valence electrons. The SMILES string of the molecule is COc1cccc([C@@H](OC)[C@@H](C[C@H]2OC(C)(C)O[C@@H]2CO[Si](C)(C)C(C)(C)C)OC)c1. The van der Waals surface area contributed by atoms with E-state index in [9.17, 15) is 0 Å². The lowest BCUT2D eigenvalue weighted by atomic mass is 9.97.